The molecule has 1 N–H and O–H groups in total. The summed E-state index contributed by atoms with van der Waals surface area (Å²) in [6.45, 7) is 4.58. The minimum Gasteiger partial charge on any atom is -0.493 e. The van der Waals surface area contributed by atoms with Crippen molar-refractivity contribution < 1.29 is 33.3 Å². The van der Waals surface area contributed by atoms with Gasteiger partial charge in [-0.15, -0.1) is 0 Å². The van der Waals surface area contributed by atoms with Gasteiger partial charge < -0.3 is 18.9 Å². The van der Waals surface area contributed by atoms with E-state index < -0.39 is 17.8 Å². The Morgan fingerprint density at radius 2 is 1.53 bits per heavy atom. The molecular formula is C29H28N2O7. The number of nitrogens with one attached hydrogen (secondary N) is 1. The molecule has 3 aromatic carbocycles. The van der Waals surface area contributed by atoms with E-state index in [4.69, 9.17) is 18.9 Å². The number of nitrogens with zero attached hydrogens (tertiary/aromatic N) is 1. The molecule has 0 saturated carbocycles. The lowest BCUT2D eigenvalue weighted by Crippen LogP contribution is -2.54. The van der Waals surface area contributed by atoms with Gasteiger partial charge in [-0.05, 0) is 67.4 Å². The fraction of sp³-hybridized carbons (Fsp3) is 0.207. The van der Waals surface area contributed by atoms with Crippen molar-refractivity contribution in [1.82, 2.24) is 5.32 Å². The summed E-state index contributed by atoms with van der Waals surface area (Å²) in [4.78, 5) is 39.1. The number of methoxy groups -OCH3 is 1. The van der Waals surface area contributed by atoms with E-state index in [0.29, 0.717) is 40.9 Å². The molecule has 38 heavy (non-hydrogen) atoms. The van der Waals surface area contributed by atoms with Crippen molar-refractivity contribution in [1.29, 1.82) is 0 Å². The van der Waals surface area contributed by atoms with Crippen LogP contribution in [0.15, 0.2) is 72.3 Å². The average Bonchev–Trinajstić information content (AvgIpc) is 2.90. The SMILES string of the molecule is CCOc1cc(/C=C2\C(=O)NC(=O)N(c3cccc(C)c3)C2=O)ccc1OCCOc1ccccc1OC. The van der Waals surface area contributed by atoms with Crippen LogP contribution < -0.4 is 29.2 Å². The Kier molecular flexibility index (Phi) is 8.27. The minimum absolute atomic E-state index is 0.174. The number of barbiturate groups is 1. The first-order valence-corrected chi connectivity index (χ1v) is 12.0. The molecule has 1 aliphatic heterocycles. The van der Waals surface area contributed by atoms with Crippen LogP contribution in [-0.4, -0.2) is 44.8 Å². The molecule has 1 heterocycles. The van der Waals surface area contributed by atoms with Gasteiger partial charge in [-0.2, -0.15) is 0 Å². The largest absolute Gasteiger partial charge is 0.493 e. The summed E-state index contributed by atoms with van der Waals surface area (Å²) in [7, 11) is 1.58. The second kappa shape index (κ2) is 12.0. The minimum atomic E-state index is -0.795. The highest BCUT2D eigenvalue weighted by Gasteiger charge is 2.36. The third-order valence-electron chi connectivity index (χ3n) is 5.61. The number of urea groups is 1. The molecule has 0 bridgehead atoms. The summed E-state index contributed by atoms with van der Waals surface area (Å²) < 4.78 is 22.6. The molecular weight excluding hydrogens is 488 g/mol. The maximum Gasteiger partial charge on any atom is 0.335 e. The topological polar surface area (TPSA) is 103 Å². The van der Waals surface area contributed by atoms with Crippen molar-refractivity contribution >= 4 is 29.6 Å². The lowest BCUT2D eigenvalue weighted by molar-refractivity contribution is -0.122. The van der Waals surface area contributed by atoms with Crippen LogP contribution in [0.2, 0.25) is 0 Å². The van der Waals surface area contributed by atoms with Crippen molar-refractivity contribution in [2.45, 2.75) is 13.8 Å². The number of imide groups is 2. The van der Waals surface area contributed by atoms with E-state index in [1.165, 1.54) is 6.08 Å². The van der Waals surface area contributed by atoms with E-state index in [1.54, 1.807) is 43.5 Å². The molecule has 0 radical (unpaired) electrons. The van der Waals surface area contributed by atoms with Gasteiger partial charge in [0.15, 0.2) is 23.0 Å². The van der Waals surface area contributed by atoms with E-state index >= 15 is 0 Å². The third-order valence-corrected chi connectivity index (χ3v) is 5.61. The standard InChI is InChI=1S/C29H28N2O7/c1-4-36-26-18-20(12-13-25(26)38-15-14-37-24-11-6-5-10-23(24)35-3)17-22-27(32)30-29(34)31(28(22)33)21-9-7-8-19(2)16-21/h5-13,16-18H,4,14-15H2,1-3H3,(H,30,32,34)/b22-17+. The summed E-state index contributed by atoms with van der Waals surface area (Å²) in [6.07, 6.45) is 1.42. The van der Waals surface area contributed by atoms with Gasteiger partial charge in [0.1, 0.15) is 18.8 Å². The Balaban J connectivity index is 1.50. The summed E-state index contributed by atoms with van der Waals surface area (Å²) in [5.74, 6) is 0.679. The van der Waals surface area contributed by atoms with Crippen LogP contribution in [0.3, 0.4) is 0 Å². The van der Waals surface area contributed by atoms with Crippen LogP contribution in [0.4, 0.5) is 10.5 Å². The second-order valence-corrected chi connectivity index (χ2v) is 8.28. The van der Waals surface area contributed by atoms with Gasteiger partial charge in [-0.1, -0.05) is 30.3 Å². The summed E-state index contributed by atoms with van der Waals surface area (Å²) in [6, 6.07) is 18.5. The number of anilines is 1. The van der Waals surface area contributed by atoms with Gasteiger partial charge in [0.05, 0.1) is 19.4 Å². The molecule has 3 aromatic rings. The second-order valence-electron chi connectivity index (χ2n) is 8.28. The highest BCUT2D eigenvalue weighted by molar-refractivity contribution is 6.39. The highest BCUT2D eigenvalue weighted by atomic mass is 16.5. The molecule has 1 aliphatic rings. The molecule has 4 amide bonds. The molecule has 1 saturated heterocycles. The molecule has 0 atom stereocenters. The first-order chi connectivity index (χ1) is 18.4. The number of rotatable bonds is 10. The molecule has 196 valence electrons. The molecule has 0 unspecified atom stereocenters. The first-order valence-electron chi connectivity index (χ1n) is 12.0. The number of benzene rings is 3. The Bertz CT molecular complexity index is 1380. The van der Waals surface area contributed by atoms with E-state index in [-0.39, 0.29) is 18.8 Å². The van der Waals surface area contributed by atoms with Gasteiger partial charge in [0.25, 0.3) is 11.8 Å². The molecule has 4 rings (SSSR count). The smallest absolute Gasteiger partial charge is 0.335 e. The number of ether oxygens (including phenoxy) is 4. The summed E-state index contributed by atoms with van der Waals surface area (Å²) >= 11 is 0. The van der Waals surface area contributed by atoms with Gasteiger partial charge in [-0.25, -0.2) is 9.69 Å². The van der Waals surface area contributed by atoms with Crippen molar-refractivity contribution in [3.05, 3.63) is 83.4 Å². The quantitative estimate of drug-likeness (QED) is 0.240. The van der Waals surface area contributed by atoms with Crippen molar-refractivity contribution in [2.24, 2.45) is 0 Å². The first kappa shape index (κ1) is 26.3. The van der Waals surface area contributed by atoms with Gasteiger partial charge in [-0.3, -0.25) is 14.9 Å². The van der Waals surface area contributed by atoms with Crippen molar-refractivity contribution in [3.63, 3.8) is 0 Å². The maximum absolute atomic E-state index is 13.2. The average molecular weight is 517 g/mol. The number of aryl methyl sites for hydroxylation is 1. The maximum atomic E-state index is 13.2. The molecule has 9 nitrogen and oxygen atoms in total. The van der Waals surface area contributed by atoms with Crippen molar-refractivity contribution in [3.8, 4) is 23.0 Å². The van der Waals surface area contributed by atoms with E-state index in [0.717, 1.165) is 10.5 Å². The molecule has 0 aromatic heterocycles. The molecule has 1 fully saturated rings. The fourth-order valence-electron chi connectivity index (χ4n) is 3.87. The van der Waals surface area contributed by atoms with Crippen LogP contribution in [0.25, 0.3) is 6.08 Å². The van der Waals surface area contributed by atoms with Gasteiger partial charge >= 0.3 is 6.03 Å². The Morgan fingerprint density at radius 3 is 2.21 bits per heavy atom. The lowest BCUT2D eigenvalue weighted by atomic mass is 10.1. The third kappa shape index (κ3) is 5.95. The van der Waals surface area contributed by atoms with Gasteiger partial charge in [0, 0.05) is 0 Å². The zero-order valence-electron chi connectivity index (χ0n) is 21.4. The Labute approximate surface area is 220 Å². The zero-order valence-corrected chi connectivity index (χ0v) is 21.4. The van der Waals surface area contributed by atoms with Crippen LogP contribution >= 0.6 is 0 Å². The van der Waals surface area contributed by atoms with Crippen LogP contribution in [0, 0.1) is 6.92 Å². The number of hydrogen-bond donors (Lipinski definition) is 1. The molecule has 0 aliphatic carbocycles. The Hall–Kier alpha value is -4.79. The number of para-hydroxylation sites is 2. The fourth-order valence-corrected chi connectivity index (χ4v) is 3.87. The van der Waals surface area contributed by atoms with Gasteiger partial charge in [0.2, 0.25) is 0 Å². The zero-order chi connectivity index (χ0) is 27.1. The van der Waals surface area contributed by atoms with Crippen LogP contribution in [0.1, 0.15) is 18.1 Å². The summed E-state index contributed by atoms with van der Waals surface area (Å²) in [5, 5.41) is 2.24. The highest BCUT2D eigenvalue weighted by Crippen LogP contribution is 2.31. The van der Waals surface area contributed by atoms with Crippen LogP contribution in [-0.2, 0) is 9.59 Å². The van der Waals surface area contributed by atoms with E-state index in [9.17, 15) is 14.4 Å². The van der Waals surface area contributed by atoms with E-state index in [2.05, 4.69) is 5.32 Å². The molecule has 9 heteroatoms. The van der Waals surface area contributed by atoms with Crippen molar-refractivity contribution in [2.75, 3.05) is 31.8 Å². The number of carbonyl (C=O) groups excluding carboxylic acids is 3. The predicted molar refractivity (Wildman–Crippen MR) is 142 cm³/mol. The van der Waals surface area contributed by atoms with E-state index in [1.807, 2.05) is 44.2 Å². The normalized spacial score (nSPS) is 14.3. The Morgan fingerprint density at radius 1 is 0.816 bits per heavy atom. The summed E-state index contributed by atoms with van der Waals surface area (Å²) in [5.41, 5.74) is 1.60. The lowest BCUT2D eigenvalue weighted by Gasteiger charge is -2.26. The number of carbonyl (C=O) groups is 3. The molecule has 0 spiro atoms. The monoisotopic (exact) mass is 516 g/mol. The predicted octanol–water partition coefficient (Wildman–Crippen LogP) is 4.53. The number of hydrogen-bond acceptors (Lipinski definition) is 7. The number of amides is 4. The van der Waals surface area contributed by atoms with Crippen LogP contribution in [0.5, 0.6) is 23.0 Å².